The molecule has 0 aliphatic carbocycles. The Morgan fingerprint density at radius 2 is 1.81 bits per heavy atom. The molecule has 0 radical (unpaired) electrons. The van der Waals surface area contributed by atoms with Crippen LogP contribution in [0.3, 0.4) is 0 Å². The minimum atomic E-state index is 0.153. The van der Waals surface area contributed by atoms with E-state index in [0.717, 1.165) is 44.1 Å². The number of ether oxygens (including phenoxy) is 2. The van der Waals surface area contributed by atoms with Gasteiger partial charge in [0, 0.05) is 25.2 Å². The molecule has 1 heterocycles. The van der Waals surface area contributed by atoms with Crippen LogP contribution in [-0.2, 0) is 0 Å². The quantitative estimate of drug-likeness (QED) is 0.888. The smallest absolute Gasteiger partial charge is 0.165 e. The topological polar surface area (TPSA) is 33.7 Å². The highest BCUT2D eigenvalue weighted by molar-refractivity contribution is 5.52. The van der Waals surface area contributed by atoms with E-state index >= 15 is 0 Å². The summed E-state index contributed by atoms with van der Waals surface area (Å²) in [7, 11) is 3.43. The van der Waals surface area contributed by atoms with E-state index in [4.69, 9.17) is 9.47 Å². The number of para-hydroxylation sites is 1. The predicted molar refractivity (Wildman–Crippen MR) is 106 cm³/mol. The van der Waals surface area contributed by atoms with Crippen LogP contribution in [0.2, 0.25) is 0 Å². The van der Waals surface area contributed by atoms with Gasteiger partial charge in [-0.15, -0.1) is 0 Å². The maximum absolute atomic E-state index is 5.79. The summed E-state index contributed by atoms with van der Waals surface area (Å²) in [6.07, 6.45) is 1.15. The lowest BCUT2D eigenvalue weighted by Gasteiger charge is -2.33. The molecule has 0 amide bonds. The van der Waals surface area contributed by atoms with Gasteiger partial charge in [0.1, 0.15) is 0 Å². The normalized spacial score (nSPS) is 16.8. The van der Waals surface area contributed by atoms with Crippen LogP contribution in [0, 0.1) is 13.8 Å². The number of nitrogens with one attached hydrogen (secondary N) is 1. The first-order chi connectivity index (χ1) is 12.7. The van der Waals surface area contributed by atoms with Crippen LogP contribution in [0.25, 0.3) is 0 Å². The van der Waals surface area contributed by atoms with E-state index in [1.54, 1.807) is 14.2 Å². The van der Waals surface area contributed by atoms with Crippen LogP contribution in [0.1, 0.15) is 34.7 Å². The summed E-state index contributed by atoms with van der Waals surface area (Å²) >= 11 is 0. The predicted octanol–water partition coefficient (Wildman–Crippen LogP) is 3.71. The zero-order valence-electron chi connectivity index (χ0n) is 16.3. The molecule has 1 N–H and O–H groups in total. The van der Waals surface area contributed by atoms with Gasteiger partial charge in [-0.1, -0.05) is 35.9 Å². The van der Waals surface area contributed by atoms with Crippen molar-refractivity contribution in [2.24, 2.45) is 0 Å². The molecule has 4 nitrogen and oxygen atoms in total. The van der Waals surface area contributed by atoms with Crippen molar-refractivity contribution < 1.29 is 9.47 Å². The second kappa shape index (κ2) is 8.56. The standard InChI is InChI=1S/C22H30N2O2/c1-16-9-10-17(2)19(15-16)21(24-13-6-11-23-12-14-24)18-7-5-8-20(25-3)22(18)26-4/h5,7-10,15,21,23H,6,11-14H2,1-4H3. The van der Waals surface area contributed by atoms with Crippen molar-refractivity contribution in [1.29, 1.82) is 0 Å². The van der Waals surface area contributed by atoms with E-state index in [9.17, 15) is 0 Å². The molecule has 2 aromatic rings. The lowest BCUT2D eigenvalue weighted by Crippen LogP contribution is -2.33. The van der Waals surface area contributed by atoms with E-state index in [-0.39, 0.29) is 6.04 Å². The Balaban J connectivity index is 2.16. The van der Waals surface area contributed by atoms with E-state index in [2.05, 4.69) is 54.4 Å². The largest absolute Gasteiger partial charge is 0.493 e. The van der Waals surface area contributed by atoms with Gasteiger partial charge in [-0.2, -0.15) is 0 Å². The van der Waals surface area contributed by atoms with Gasteiger partial charge in [0.05, 0.1) is 20.3 Å². The van der Waals surface area contributed by atoms with E-state index in [1.165, 1.54) is 22.3 Å². The molecule has 0 spiro atoms. The average molecular weight is 354 g/mol. The molecule has 0 aromatic heterocycles. The van der Waals surface area contributed by atoms with Gasteiger partial charge in [0.25, 0.3) is 0 Å². The SMILES string of the molecule is COc1cccc(C(c2cc(C)ccc2C)N2CCCNCC2)c1OC. The van der Waals surface area contributed by atoms with Crippen molar-refractivity contribution in [1.82, 2.24) is 10.2 Å². The Hall–Kier alpha value is -2.04. The monoisotopic (exact) mass is 354 g/mol. The van der Waals surface area contributed by atoms with E-state index in [0.29, 0.717) is 0 Å². The molecule has 1 aliphatic heterocycles. The number of benzene rings is 2. The van der Waals surface area contributed by atoms with Gasteiger partial charge in [-0.3, -0.25) is 4.90 Å². The summed E-state index contributed by atoms with van der Waals surface area (Å²) in [6, 6.07) is 13.1. The summed E-state index contributed by atoms with van der Waals surface area (Å²) in [5.41, 5.74) is 5.11. The Morgan fingerprint density at radius 3 is 2.58 bits per heavy atom. The molecule has 26 heavy (non-hydrogen) atoms. The van der Waals surface area contributed by atoms with E-state index in [1.807, 2.05) is 6.07 Å². The lowest BCUT2D eigenvalue weighted by molar-refractivity contribution is 0.234. The third-order valence-electron chi connectivity index (χ3n) is 5.20. The maximum Gasteiger partial charge on any atom is 0.165 e. The molecule has 4 heteroatoms. The van der Waals surface area contributed by atoms with Crippen LogP contribution in [0.5, 0.6) is 11.5 Å². The Bertz CT molecular complexity index is 737. The highest BCUT2D eigenvalue weighted by Crippen LogP contribution is 2.41. The minimum absolute atomic E-state index is 0.153. The van der Waals surface area contributed by atoms with Gasteiger partial charge in [0.15, 0.2) is 11.5 Å². The van der Waals surface area contributed by atoms with Gasteiger partial charge < -0.3 is 14.8 Å². The number of nitrogens with zero attached hydrogens (tertiary/aromatic N) is 1. The molecule has 3 rings (SSSR count). The third kappa shape index (κ3) is 3.87. The number of hydrogen-bond acceptors (Lipinski definition) is 4. The number of aryl methyl sites for hydroxylation is 2. The van der Waals surface area contributed by atoms with E-state index < -0.39 is 0 Å². The van der Waals surface area contributed by atoms with Crippen LogP contribution in [-0.4, -0.2) is 45.3 Å². The lowest BCUT2D eigenvalue weighted by atomic mass is 9.91. The zero-order chi connectivity index (χ0) is 18.5. The zero-order valence-corrected chi connectivity index (χ0v) is 16.3. The molecule has 0 saturated carbocycles. The van der Waals surface area contributed by atoms with Gasteiger partial charge >= 0.3 is 0 Å². The van der Waals surface area contributed by atoms with Crippen LogP contribution in [0.15, 0.2) is 36.4 Å². The first-order valence-corrected chi connectivity index (χ1v) is 9.38. The van der Waals surface area contributed by atoms with Crippen molar-refractivity contribution in [3.8, 4) is 11.5 Å². The summed E-state index contributed by atoms with van der Waals surface area (Å²) < 4.78 is 11.4. The van der Waals surface area contributed by atoms with Crippen molar-refractivity contribution in [3.63, 3.8) is 0 Å². The molecule has 2 aromatic carbocycles. The van der Waals surface area contributed by atoms with Crippen molar-refractivity contribution >= 4 is 0 Å². The number of methoxy groups -OCH3 is 2. The summed E-state index contributed by atoms with van der Waals surface area (Å²) in [5, 5.41) is 3.51. The van der Waals surface area contributed by atoms with Crippen molar-refractivity contribution in [2.75, 3.05) is 40.4 Å². The number of hydrogen-bond donors (Lipinski definition) is 1. The van der Waals surface area contributed by atoms with Gasteiger partial charge in [0.2, 0.25) is 0 Å². The molecule has 140 valence electrons. The second-order valence-electron chi connectivity index (χ2n) is 6.98. The highest BCUT2D eigenvalue weighted by Gasteiger charge is 2.28. The molecule has 1 saturated heterocycles. The van der Waals surface area contributed by atoms with Crippen molar-refractivity contribution in [2.45, 2.75) is 26.3 Å². The minimum Gasteiger partial charge on any atom is -0.493 e. The Labute approximate surface area is 157 Å². The maximum atomic E-state index is 5.79. The Kier molecular flexibility index (Phi) is 6.17. The fourth-order valence-electron chi connectivity index (χ4n) is 3.87. The average Bonchev–Trinajstić information content (AvgIpc) is 2.94. The summed E-state index contributed by atoms with van der Waals surface area (Å²) in [6.45, 7) is 8.51. The number of rotatable bonds is 5. The fourth-order valence-corrected chi connectivity index (χ4v) is 3.87. The molecule has 1 fully saturated rings. The first-order valence-electron chi connectivity index (χ1n) is 9.38. The second-order valence-corrected chi connectivity index (χ2v) is 6.98. The van der Waals surface area contributed by atoms with Crippen LogP contribution < -0.4 is 14.8 Å². The van der Waals surface area contributed by atoms with Crippen LogP contribution >= 0.6 is 0 Å². The fraction of sp³-hybridized carbons (Fsp3) is 0.455. The highest BCUT2D eigenvalue weighted by atomic mass is 16.5. The molecule has 1 unspecified atom stereocenters. The third-order valence-corrected chi connectivity index (χ3v) is 5.20. The van der Waals surface area contributed by atoms with Crippen molar-refractivity contribution in [3.05, 3.63) is 58.7 Å². The summed E-state index contributed by atoms with van der Waals surface area (Å²) in [5.74, 6) is 1.62. The molecule has 0 bridgehead atoms. The molecular formula is C22H30N2O2. The van der Waals surface area contributed by atoms with Gasteiger partial charge in [-0.25, -0.2) is 0 Å². The van der Waals surface area contributed by atoms with Crippen LogP contribution in [0.4, 0.5) is 0 Å². The van der Waals surface area contributed by atoms with Gasteiger partial charge in [-0.05, 0) is 44.0 Å². The first kappa shape index (κ1) is 18.7. The molecule has 1 aliphatic rings. The molecular weight excluding hydrogens is 324 g/mol. The molecule has 1 atom stereocenters. The summed E-state index contributed by atoms with van der Waals surface area (Å²) in [4.78, 5) is 2.57. The Morgan fingerprint density at radius 1 is 0.962 bits per heavy atom.